The van der Waals surface area contributed by atoms with Gasteiger partial charge in [-0.3, -0.25) is 14.9 Å². The second-order valence-electron chi connectivity index (χ2n) is 6.57. The van der Waals surface area contributed by atoms with Crippen LogP contribution in [0.1, 0.15) is 36.9 Å². The van der Waals surface area contributed by atoms with Crippen molar-refractivity contribution in [3.8, 4) is 11.5 Å². The van der Waals surface area contributed by atoms with E-state index in [2.05, 4.69) is 10.5 Å². The van der Waals surface area contributed by atoms with E-state index in [0.717, 1.165) is 12.1 Å². The zero-order chi connectivity index (χ0) is 21.6. The number of ether oxygens (including phenoxy) is 3. The number of carbonyl (C=O) groups is 2. The predicted octanol–water partition coefficient (Wildman–Crippen LogP) is 3.27. The lowest BCUT2D eigenvalue weighted by atomic mass is 10.2. The number of nitrogens with zero attached hydrogens (tertiary/aromatic N) is 2. The highest BCUT2D eigenvalue weighted by Gasteiger charge is 2.20. The summed E-state index contributed by atoms with van der Waals surface area (Å²) in [6.45, 7) is 5.13. The average molecular weight is 405 g/mol. The van der Waals surface area contributed by atoms with Crippen LogP contribution in [-0.2, 0) is 4.74 Å². The highest BCUT2D eigenvalue weighted by molar-refractivity contribution is 5.92. The monoisotopic (exact) mass is 405 g/mol. The van der Waals surface area contributed by atoms with E-state index in [1.807, 2.05) is 0 Å². The molecule has 29 heavy (non-hydrogen) atoms. The van der Waals surface area contributed by atoms with Gasteiger partial charge in [0.05, 0.1) is 19.4 Å². The quantitative estimate of drug-likeness (QED) is 0.254. The van der Waals surface area contributed by atoms with E-state index in [1.165, 1.54) is 25.5 Å². The molecule has 0 radical (unpaired) electrons. The number of nitro groups is 1. The predicted molar refractivity (Wildman–Crippen MR) is 100 cm³/mol. The van der Waals surface area contributed by atoms with E-state index in [4.69, 9.17) is 18.6 Å². The molecule has 1 amide bonds. The number of rotatable bonds is 6. The molecule has 0 atom stereocenters. The number of nitrogens with one attached hydrogen (secondary N) is 1. The molecule has 1 N–H and O–H groups in total. The van der Waals surface area contributed by atoms with Crippen molar-refractivity contribution < 1.29 is 33.1 Å². The highest BCUT2D eigenvalue weighted by Crippen LogP contribution is 2.28. The van der Waals surface area contributed by atoms with Crippen LogP contribution in [0.15, 0.2) is 39.9 Å². The summed E-state index contributed by atoms with van der Waals surface area (Å²) in [5, 5.41) is 14.3. The van der Waals surface area contributed by atoms with Crippen molar-refractivity contribution in [1.29, 1.82) is 0 Å². The van der Waals surface area contributed by atoms with E-state index in [1.54, 1.807) is 26.8 Å². The van der Waals surface area contributed by atoms with E-state index in [-0.39, 0.29) is 17.3 Å². The van der Waals surface area contributed by atoms with Gasteiger partial charge in [-0.1, -0.05) is 0 Å². The molecule has 154 valence electrons. The Hall–Kier alpha value is -3.89. The lowest BCUT2D eigenvalue weighted by Gasteiger charge is -2.19. The number of hydrazone groups is 1. The van der Waals surface area contributed by atoms with Crippen molar-refractivity contribution in [3.63, 3.8) is 0 Å². The first-order valence-electron chi connectivity index (χ1n) is 8.25. The van der Waals surface area contributed by atoms with Crippen molar-refractivity contribution in [2.75, 3.05) is 7.11 Å². The fourth-order valence-corrected chi connectivity index (χ4v) is 1.98. The van der Waals surface area contributed by atoms with Gasteiger partial charge < -0.3 is 18.6 Å². The SMILES string of the molecule is COc1cc(/C=N/NC(=O)c2ccc([N+](=O)[O-])o2)ccc1OC(=O)OC(C)(C)C. The Bertz CT molecular complexity index is 943. The first-order valence-corrected chi connectivity index (χ1v) is 8.25. The number of amides is 1. The number of hydrogen-bond acceptors (Lipinski definition) is 9. The van der Waals surface area contributed by atoms with Gasteiger partial charge in [-0.15, -0.1) is 0 Å². The van der Waals surface area contributed by atoms with Crippen LogP contribution in [0, 0.1) is 10.1 Å². The van der Waals surface area contributed by atoms with Crippen LogP contribution in [0.25, 0.3) is 0 Å². The van der Waals surface area contributed by atoms with E-state index >= 15 is 0 Å². The molecule has 0 saturated carbocycles. The Morgan fingerprint density at radius 2 is 1.93 bits per heavy atom. The topological polar surface area (TPSA) is 142 Å². The average Bonchev–Trinajstić information content (AvgIpc) is 3.11. The fraction of sp³-hybridized carbons (Fsp3) is 0.278. The summed E-state index contributed by atoms with van der Waals surface area (Å²) in [7, 11) is 1.39. The summed E-state index contributed by atoms with van der Waals surface area (Å²) in [6.07, 6.45) is 0.423. The largest absolute Gasteiger partial charge is 0.514 e. The molecule has 0 aliphatic rings. The maximum absolute atomic E-state index is 11.8. The van der Waals surface area contributed by atoms with Crippen molar-refractivity contribution >= 4 is 24.2 Å². The van der Waals surface area contributed by atoms with Gasteiger partial charge in [0.1, 0.15) is 10.5 Å². The third kappa shape index (κ3) is 6.34. The number of methoxy groups -OCH3 is 1. The van der Waals surface area contributed by atoms with Crippen LogP contribution in [-0.4, -0.2) is 35.9 Å². The second kappa shape index (κ2) is 8.87. The third-order valence-corrected chi connectivity index (χ3v) is 3.15. The van der Waals surface area contributed by atoms with Crippen LogP contribution in [0.5, 0.6) is 11.5 Å². The van der Waals surface area contributed by atoms with Gasteiger partial charge in [0, 0.05) is 0 Å². The fourth-order valence-electron chi connectivity index (χ4n) is 1.98. The minimum atomic E-state index is -0.878. The van der Waals surface area contributed by atoms with Crippen molar-refractivity contribution in [2.45, 2.75) is 26.4 Å². The van der Waals surface area contributed by atoms with Gasteiger partial charge in [-0.05, 0) is 50.6 Å². The molecule has 0 saturated heterocycles. The minimum absolute atomic E-state index is 0.144. The summed E-state index contributed by atoms with van der Waals surface area (Å²) < 4.78 is 20.1. The van der Waals surface area contributed by atoms with Gasteiger partial charge in [0.25, 0.3) is 0 Å². The van der Waals surface area contributed by atoms with Crippen LogP contribution < -0.4 is 14.9 Å². The first kappa shape index (κ1) is 21.4. The molecule has 1 heterocycles. The molecule has 0 bridgehead atoms. The summed E-state index contributed by atoms with van der Waals surface area (Å²) in [5.41, 5.74) is 1.99. The summed E-state index contributed by atoms with van der Waals surface area (Å²) in [4.78, 5) is 33.4. The lowest BCUT2D eigenvalue weighted by molar-refractivity contribution is -0.402. The standard InChI is InChI=1S/C18H19N3O8/c1-18(2,3)29-17(23)28-12-6-5-11(9-14(12)26-4)10-19-20-16(22)13-7-8-15(27-13)21(24)25/h5-10H,1-4H3,(H,20,22)/b19-10+. The number of hydrogen-bond donors (Lipinski definition) is 1. The Balaban J connectivity index is 2.02. The van der Waals surface area contributed by atoms with Gasteiger partial charge >= 0.3 is 17.9 Å². The Kier molecular flexibility index (Phi) is 6.55. The van der Waals surface area contributed by atoms with Crippen LogP contribution in [0.3, 0.4) is 0 Å². The summed E-state index contributed by atoms with van der Waals surface area (Å²) >= 11 is 0. The van der Waals surface area contributed by atoms with Gasteiger partial charge in [0.2, 0.25) is 5.76 Å². The zero-order valence-electron chi connectivity index (χ0n) is 16.1. The van der Waals surface area contributed by atoms with Crippen LogP contribution >= 0.6 is 0 Å². The lowest BCUT2D eigenvalue weighted by Crippen LogP contribution is -2.26. The third-order valence-electron chi connectivity index (χ3n) is 3.15. The van der Waals surface area contributed by atoms with Crippen LogP contribution in [0.2, 0.25) is 0 Å². The Morgan fingerprint density at radius 1 is 1.21 bits per heavy atom. The first-order chi connectivity index (χ1) is 13.6. The van der Waals surface area contributed by atoms with Crippen LogP contribution in [0.4, 0.5) is 10.7 Å². The zero-order valence-corrected chi connectivity index (χ0v) is 16.1. The molecule has 0 unspecified atom stereocenters. The number of benzene rings is 1. The van der Waals surface area contributed by atoms with E-state index < -0.39 is 28.5 Å². The molecule has 11 heteroatoms. The van der Waals surface area contributed by atoms with Crippen molar-refractivity contribution in [1.82, 2.24) is 5.43 Å². The minimum Gasteiger partial charge on any atom is -0.493 e. The molecule has 0 spiro atoms. The normalized spacial score (nSPS) is 11.2. The van der Waals surface area contributed by atoms with E-state index in [0.29, 0.717) is 5.56 Å². The maximum Gasteiger partial charge on any atom is 0.514 e. The molecule has 0 aliphatic carbocycles. The Morgan fingerprint density at radius 3 is 2.52 bits per heavy atom. The smallest absolute Gasteiger partial charge is 0.493 e. The molecule has 0 aliphatic heterocycles. The molecule has 1 aromatic heterocycles. The van der Waals surface area contributed by atoms with Crippen molar-refractivity contribution in [3.05, 3.63) is 51.8 Å². The second-order valence-corrected chi connectivity index (χ2v) is 6.57. The van der Waals surface area contributed by atoms with E-state index in [9.17, 15) is 19.7 Å². The molecule has 0 fully saturated rings. The molecule has 1 aromatic carbocycles. The molecule has 2 aromatic rings. The molecule has 11 nitrogen and oxygen atoms in total. The van der Waals surface area contributed by atoms with Gasteiger partial charge in [-0.25, -0.2) is 10.2 Å². The number of furan rings is 1. The van der Waals surface area contributed by atoms with Crippen molar-refractivity contribution in [2.24, 2.45) is 5.10 Å². The Labute approximate surface area is 165 Å². The maximum atomic E-state index is 11.8. The summed E-state index contributed by atoms with van der Waals surface area (Å²) in [6, 6.07) is 6.78. The molecular weight excluding hydrogens is 386 g/mol. The number of carbonyl (C=O) groups excluding carboxylic acids is 2. The summed E-state index contributed by atoms with van der Waals surface area (Å²) in [5.74, 6) is -1.18. The molecule has 2 rings (SSSR count). The highest BCUT2D eigenvalue weighted by atomic mass is 16.7. The molecular formula is C18H19N3O8. The van der Waals surface area contributed by atoms with Gasteiger partial charge in [0.15, 0.2) is 11.5 Å². The van der Waals surface area contributed by atoms with Gasteiger partial charge in [-0.2, -0.15) is 5.10 Å².